The van der Waals surface area contributed by atoms with E-state index in [0.29, 0.717) is 5.56 Å². The SMILES string of the molecule is Cc1ncc(Cc2ccc(C(=O)O)cc2)s1. The molecule has 1 N–H and O–H groups in total. The van der Waals surface area contributed by atoms with Crippen molar-refractivity contribution in [1.29, 1.82) is 0 Å². The molecule has 1 heterocycles. The van der Waals surface area contributed by atoms with Gasteiger partial charge < -0.3 is 5.11 Å². The Hall–Kier alpha value is -1.68. The van der Waals surface area contributed by atoms with Gasteiger partial charge in [0.2, 0.25) is 0 Å². The van der Waals surface area contributed by atoms with E-state index in [1.807, 2.05) is 25.3 Å². The van der Waals surface area contributed by atoms with Crippen LogP contribution in [0.3, 0.4) is 0 Å². The van der Waals surface area contributed by atoms with Crippen LogP contribution in [-0.2, 0) is 6.42 Å². The van der Waals surface area contributed by atoms with Gasteiger partial charge >= 0.3 is 5.97 Å². The zero-order chi connectivity index (χ0) is 11.5. The molecule has 16 heavy (non-hydrogen) atoms. The van der Waals surface area contributed by atoms with Crippen LogP contribution in [0.2, 0.25) is 0 Å². The molecule has 0 fully saturated rings. The van der Waals surface area contributed by atoms with Gasteiger partial charge in [-0.2, -0.15) is 0 Å². The number of aromatic nitrogens is 1. The molecule has 0 bridgehead atoms. The number of aromatic carboxylic acids is 1. The van der Waals surface area contributed by atoms with Crippen molar-refractivity contribution in [3.8, 4) is 0 Å². The first-order valence-electron chi connectivity index (χ1n) is 4.88. The molecule has 82 valence electrons. The fraction of sp³-hybridized carbons (Fsp3) is 0.167. The molecule has 0 aliphatic carbocycles. The molecule has 4 heteroatoms. The Bertz CT molecular complexity index is 502. The summed E-state index contributed by atoms with van der Waals surface area (Å²) in [4.78, 5) is 16.0. The van der Waals surface area contributed by atoms with Crippen LogP contribution in [0, 0.1) is 6.92 Å². The van der Waals surface area contributed by atoms with Gasteiger partial charge in [-0.25, -0.2) is 9.78 Å². The van der Waals surface area contributed by atoms with Crippen LogP contribution in [0.25, 0.3) is 0 Å². The fourth-order valence-electron chi connectivity index (χ4n) is 1.45. The maximum Gasteiger partial charge on any atom is 0.335 e. The summed E-state index contributed by atoms with van der Waals surface area (Å²) < 4.78 is 0. The number of aryl methyl sites for hydroxylation is 1. The maximum atomic E-state index is 10.7. The second-order valence-corrected chi connectivity index (χ2v) is 4.84. The highest BCUT2D eigenvalue weighted by atomic mass is 32.1. The predicted octanol–water partition coefficient (Wildman–Crippen LogP) is 2.74. The molecule has 0 aliphatic heterocycles. The number of benzene rings is 1. The van der Waals surface area contributed by atoms with Crippen molar-refractivity contribution in [2.75, 3.05) is 0 Å². The van der Waals surface area contributed by atoms with Gasteiger partial charge in [0.1, 0.15) is 0 Å². The van der Waals surface area contributed by atoms with Crippen molar-refractivity contribution >= 4 is 17.3 Å². The first-order valence-corrected chi connectivity index (χ1v) is 5.70. The van der Waals surface area contributed by atoms with E-state index in [0.717, 1.165) is 17.0 Å². The summed E-state index contributed by atoms with van der Waals surface area (Å²) in [5.41, 5.74) is 1.43. The van der Waals surface area contributed by atoms with Crippen molar-refractivity contribution in [3.05, 3.63) is 51.5 Å². The average molecular weight is 233 g/mol. The minimum absolute atomic E-state index is 0.323. The molecule has 0 aliphatic rings. The van der Waals surface area contributed by atoms with Crippen LogP contribution in [-0.4, -0.2) is 16.1 Å². The van der Waals surface area contributed by atoms with Gasteiger partial charge in [0.05, 0.1) is 10.6 Å². The number of nitrogens with zero attached hydrogens (tertiary/aromatic N) is 1. The molecule has 1 aromatic heterocycles. The van der Waals surface area contributed by atoms with Gasteiger partial charge in [-0.05, 0) is 24.6 Å². The van der Waals surface area contributed by atoms with Gasteiger partial charge in [0.15, 0.2) is 0 Å². The van der Waals surface area contributed by atoms with Gasteiger partial charge in [0, 0.05) is 17.5 Å². The quantitative estimate of drug-likeness (QED) is 0.886. The number of carbonyl (C=O) groups is 1. The topological polar surface area (TPSA) is 50.2 Å². The molecular weight excluding hydrogens is 222 g/mol. The minimum Gasteiger partial charge on any atom is -0.478 e. The number of hydrogen-bond donors (Lipinski definition) is 1. The number of carboxylic acids is 1. The molecule has 2 rings (SSSR count). The van der Waals surface area contributed by atoms with E-state index < -0.39 is 5.97 Å². The number of carboxylic acid groups (broad SMARTS) is 1. The molecular formula is C12H11NO2S. The highest BCUT2D eigenvalue weighted by molar-refractivity contribution is 7.11. The van der Waals surface area contributed by atoms with E-state index in [1.54, 1.807) is 23.5 Å². The Morgan fingerprint density at radius 3 is 2.56 bits per heavy atom. The Morgan fingerprint density at radius 1 is 1.38 bits per heavy atom. The van der Waals surface area contributed by atoms with E-state index in [9.17, 15) is 4.79 Å². The van der Waals surface area contributed by atoms with Crippen molar-refractivity contribution < 1.29 is 9.90 Å². The maximum absolute atomic E-state index is 10.7. The number of hydrogen-bond acceptors (Lipinski definition) is 3. The van der Waals surface area contributed by atoms with Crippen LogP contribution >= 0.6 is 11.3 Å². The summed E-state index contributed by atoms with van der Waals surface area (Å²) in [7, 11) is 0. The van der Waals surface area contributed by atoms with Crippen molar-refractivity contribution in [2.24, 2.45) is 0 Å². The minimum atomic E-state index is -0.889. The monoisotopic (exact) mass is 233 g/mol. The van der Waals surface area contributed by atoms with E-state index in [-0.39, 0.29) is 0 Å². The van der Waals surface area contributed by atoms with E-state index in [1.165, 1.54) is 4.88 Å². The van der Waals surface area contributed by atoms with Crippen molar-refractivity contribution in [1.82, 2.24) is 4.98 Å². The third-order valence-corrected chi connectivity index (χ3v) is 3.16. The molecule has 0 atom stereocenters. The highest BCUT2D eigenvalue weighted by Gasteiger charge is 2.03. The summed E-state index contributed by atoms with van der Waals surface area (Å²) in [6.45, 7) is 1.97. The summed E-state index contributed by atoms with van der Waals surface area (Å²) in [5.74, 6) is -0.889. The highest BCUT2D eigenvalue weighted by Crippen LogP contribution is 2.16. The van der Waals surface area contributed by atoms with Crippen molar-refractivity contribution in [2.45, 2.75) is 13.3 Å². The van der Waals surface area contributed by atoms with E-state index >= 15 is 0 Å². The Kier molecular flexibility index (Phi) is 3.01. The first kappa shape index (κ1) is 10.8. The fourth-order valence-corrected chi connectivity index (χ4v) is 2.28. The third kappa shape index (κ3) is 2.46. The van der Waals surface area contributed by atoms with Gasteiger partial charge in [-0.15, -0.1) is 11.3 Å². The second kappa shape index (κ2) is 4.45. The van der Waals surface area contributed by atoms with E-state index in [4.69, 9.17) is 5.11 Å². The standard InChI is InChI=1S/C12H11NO2S/c1-8-13-7-11(16-8)6-9-2-4-10(5-3-9)12(14)15/h2-5,7H,6H2,1H3,(H,14,15). The molecule has 0 radical (unpaired) electrons. The average Bonchev–Trinajstić information content (AvgIpc) is 2.65. The van der Waals surface area contributed by atoms with Crippen LogP contribution in [0.5, 0.6) is 0 Å². The number of thiazole rings is 1. The molecule has 3 nitrogen and oxygen atoms in total. The Balaban J connectivity index is 2.14. The van der Waals surface area contributed by atoms with Crippen LogP contribution in [0.15, 0.2) is 30.5 Å². The lowest BCUT2D eigenvalue weighted by Gasteiger charge is -1.99. The van der Waals surface area contributed by atoms with Gasteiger partial charge in [0.25, 0.3) is 0 Å². The Labute approximate surface area is 97.4 Å². The molecule has 0 amide bonds. The largest absolute Gasteiger partial charge is 0.478 e. The first-order chi connectivity index (χ1) is 7.65. The van der Waals surface area contributed by atoms with Crippen molar-refractivity contribution in [3.63, 3.8) is 0 Å². The number of rotatable bonds is 3. The smallest absolute Gasteiger partial charge is 0.335 e. The molecule has 1 aromatic carbocycles. The molecule has 0 spiro atoms. The molecule has 0 saturated carbocycles. The van der Waals surface area contributed by atoms with Crippen LogP contribution in [0.4, 0.5) is 0 Å². The molecule has 2 aromatic rings. The molecule has 0 saturated heterocycles. The third-order valence-electron chi connectivity index (χ3n) is 2.25. The lowest BCUT2D eigenvalue weighted by molar-refractivity contribution is 0.0697. The van der Waals surface area contributed by atoms with Gasteiger partial charge in [-0.3, -0.25) is 0 Å². The van der Waals surface area contributed by atoms with Crippen LogP contribution < -0.4 is 0 Å². The van der Waals surface area contributed by atoms with E-state index in [2.05, 4.69) is 4.98 Å². The summed E-state index contributed by atoms with van der Waals surface area (Å²) in [6, 6.07) is 6.95. The second-order valence-electron chi connectivity index (χ2n) is 3.52. The Morgan fingerprint density at radius 2 is 2.06 bits per heavy atom. The normalized spacial score (nSPS) is 10.3. The zero-order valence-electron chi connectivity index (χ0n) is 8.80. The summed E-state index contributed by atoms with van der Waals surface area (Å²) in [6.07, 6.45) is 2.68. The lowest BCUT2D eigenvalue weighted by Crippen LogP contribution is -1.96. The lowest BCUT2D eigenvalue weighted by atomic mass is 10.1. The molecule has 0 unspecified atom stereocenters. The predicted molar refractivity (Wildman–Crippen MR) is 63.1 cm³/mol. The summed E-state index contributed by atoms with van der Waals surface area (Å²) in [5, 5.41) is 9.81. The van der Waals surface area contributed by atoms with Gasteiger partial charge in [-0.1, -0.05) is 12.1 Å². The summed E-state index contributed by atoms with van der Waals surface area (Å²) >= 11 is 1.67. The van der Waals surface area contributed by atoms with Crippen LogP contribution in [0.1, 0.15) is 25.8 Å². The zero-order valence-corrected chi connectivity index (χ0v) is 9.62.